The van der Waals surface area contributed by atoms with E-state index in [4.69, 9.17) is 9.47 Å². The van der Waals surface area contributed by atoms with Gasteiger partial charge < -0.3 is 9.47 Å². The predicted molar refractivity (Wildman–Crippen MR) is 94.7 cm³/mol. The SMILES string of the molecule is N#Cc1ccc(-c2ccccc2)nc1SCCOC1CCCCO1. The molecular weight excluding hydrogens is 320 g/mol. The van der Waals surface area contributed by atoms with Gasteiger partial charge in [-0.2, -0.15) is 5.26 Å². The van der Waals surface area contributed by atoms with E-state index in [9.17, 15) is 5.26 Å². The van der Waals surface area contributed by atoms with Gasteiger partial charge >= 0.3 is 0 Å². The molecule has 3 rings (SSSR count). The summed E-state index contributed by atoms with van der Waals surface area (Å²) in [6.45, 7) is 1.38. The zero-order valence-corrected chi connectivity index (χ0v) is 14.3. The fourth-order valence-corrected chi connectivity index (χ4v) is 3.37. The van der Waals surface area contributed by atoms with E-state index in [0.717, 1.165) is 47.9 Å². The quantitative estimate of drug-likeness (QED) is 0.581. The number of pyridine rings is 1. The number of ether oxygens (including phenoxy) is 2. The number of hydrogen-bond donors (Lipinski definition) is 0. The average molecular weight is 340 g/mol. The molecule has 1 aliphatic rings. The standard InChI is InChI=1S/C19H20N2O2S/c20-14-16-9-10-17(15-6-2-1-3-7-15)21-19(16)24-13-12-23-18-8-4-5-11-22-18/h1-3,6-7,9-10,18H,4-5,8,11-13H2. The molecule has 1 aromatic heterocycles. The molecule has 1 unspecified atom stereocenters. The van der Waals surface area contributed by atoms with Crippen molar-refractivity contribution in [3.05, 3.63) is 48.0 Å². The van der Waals surface area contributed by atoms with Gasteiger partial charge in [-0.05, 0) is 31.4 Å². The van der Waals surface area contributed by atoms with E-state index in [-0.39, 0.29) is 6.29 Å². The lowest BCUT2D eigenvalue weighted by Gasteiger charge is -2.22. The Kier molecular flexibility index (Phi) is 6.25. The molecule has 24 heavy (non-hydrogen) atoms. The van der Waals surface area contributed by atoms with Gasteiger partial charge in [0.15, 0.2) is 6.29 Å². The topological polar surface area (TPSA) is 55.1 Å². The highest BCUT2D eigenvalue weighted by Gasteiger charge is 2.14. The minimum absolute atomic E-state index is 0.0709. The molecule has 2 heterocycles. The van der Waals surface area contributed by atoms with Gasteiger partial charge in [0.1, 0.15) is 11.1 Å². The first-order valence-electron chi connectivity index (χ1n) is 8.19. The summed E-state index contributed by atoms with van der Waals surface area (Å²) in [7, 11) is 0. The summed E-state index contributed by atoms with van der Waals surface area (Å²) in [5.41, 5.74) is 2.54. The van der Waals surface area contributed by atoms with E-state index in [1.165, 1.54) is 0 Å². The van der Waals surface area contributed by atoms with E-state index < -0.39 is 0 Å². The van der Waals surface area contributed by atoms with E-state index in [1.807, 2.05) is 42.5 Å². The molecule has 0 radical (unpaired) electrons. The summed E-state index contributed by atoms with van der Waals surface area (Å²) in [4.78, 5) is 4.65. The molecule has 0 aliphatic carbocycles. The Morgan fingerprint density at radius 2 is 2.08 bits per heavy atom. The summed E-state index contributed by atoms with van der Waals surface area (Å²) >= 11 is 1.55. The average Bonchev–Trinajstić information content (AvgIpc) is 2.66. The van der Waals surface area contributed by atoms with Crippen LogP contribution in [0.5, 0.6) is 0 Å². The van der Waals surface area contributed by atoms with Crippen LogP contribution in [-0.2, 0) is 9.47 Å². The molecule has 1 aliphatic heterocycles. The third-order valence-electron chi connectivity index (χ3n) is 3.81. The van der Waals surface area contributed by atoms with E-state index in [1.54, 1.807) is 11.8 Å². The molecule has 1 aromatic carbocycles. The van der Waals surface area contributed by atoms with Gasteiger partial charge in [-0.1, -0.05) is 30.3 Å². The molecular formula is C19H20N2O2S. The molecule has 2 aromatic rings. The summed E-state index contributed by atoms with van der Waals surface area (Å²) in [6, 6.07) is 15.9. The second-order valence-corrected chi connectivity index (χ2v) is 6.63. The number of nitrogens with zero attached hydrogens (tertiary/aromatic N) is 2. The number of rotatable bonds is 6. The van der Waals surface area contributed by atoms with Gasteiger partial charge in [-0.15, -0.1) is 11.8 Å². The highest BCUT2D eigenvalue weighted by atomic mass is 32.2. The molecule has 1 fully saturated rings. The van der Waals surface area contributed by atoms with E-state index in [2.05, 4.69) is 11.1 Å². The second-order valence-electron chi connectivity index (χ2n) is 5.54. The molecule has 1 saturated heterocycles. The number of benzene rings is 1. The largest absolute Gasteiger partial charge is 0.353 e. The van der Waals surface area contributed by atoms with Crippen LogP contribution in [0.1, 0.15) is 24.8 Å². The van der Waals surface area contributed by atoms with Crippen molar-refractivity contribution in [2.75, 3.05) is 19.0 Å². The zero-order chi connectivity index (χ0) is 16.6. The summed E-state index contributed by atoms with van der Waals surface area (Å²) < 4.78 is 11.3. The van der Waals surface area contributed by atoms with Gasteiger partial charge in [-0.25, -0.2) is 4.98 Å². The van der Waals surface area contributed by atoms with Crippen molar-refractivity contribution in [1.29, 1.82) is 5.26 Å². The molecule has 1 atom stereocenters. The Morgan fingerprint density at radius 1 is 1.21 bits per heavy atom. The highest BCUT2D eigenvalue weighted by molar-refractivity contribution is 7.99. The minimum Gasteiger partial charge on any atom is -0.353 e. The molecule has 0 bridgehead atoms. The van der Waals surface area contributed by atoms with Crippen molar-refractivity contribution < 1.29 is 9.47 Å². The first kappa shape index (κ1) is 17.0. The second kappa shape index (κ2) is 8.84. The lowest BCUT2D eigenvalue weighted by molar-refractivity contribution is -0.158. The molecule has 5 heteroatoms. The van der Waals surface area contributed by atoms with Gasteiger partial charge in [0, 0.05) is 17.9 Å². The maximum atomic E-state index is 9.29. The molecule has 0 spiro atoms. The lowest BCUT2D eigenvalue weighted by Crippen LogP contribution is -2.23. The van der Waals surface area contributed by atoms with Gasteiger partial charge in [0.2, 0.25) is 0 Å². The zero-order valence-electron chi connectivity index (χ0n) is 13.5. The van der Waals surface area contributed by atoms with Crippen LogP contribution in [0.3, 0.4) is 0 Å². The summed E-state index contributed by atoms with van der Waals surface area (Å²) in [5, 5.41) is 10.0. The van der Waals surface area contributed by atoms with Crippen LogP contribution in [0, 0.1) is 11.3 Å². The number of nitriles is 1. The molecule has 0 amide bonds. The van der Waals surface area contributed by atoms with E-state index >= 15 is 0 Å². The maximum Gasteiger partial charge on any atom is 0.157 e. The summed E-state index contributed by atoms with van der Waals surface area (Å²) in [6.07, 6.45) is 3.18. The Morgan fingerprint density at radius 3 is 2.83 bits per heavy atom. The fraction of sp³-hybridized carbons (Fsp3) is 0.368. The minimum atomic E-state index is -0.0709. The first-order valence-corrected chi connectivity index (χ1v) is 9.18. The predicted octanol–water partition coefficient (Wildman–Crippen LogP) is 4.26. The number of thioether (sulfide) groups is 1. The van der Waals surface area contributed by atoms with Gasteiger partial charge in [-0.3, -0.25) is 0 Å². The van der Waals surface area contributed by atoms with Crippen LogP contribution >= 0.6 is 11.8 Å². The van der Waals surface area contributed by atoms with Crippen LogP contribution in [0.4, 0.5) is 0 Å². The first-order chi connectivity index (χ1) is 11.9. The fourth-order valence-electron chi connectivity index (χ4n) is 2.57. The number of hydrogen-bond acceptors (Lipinski definition) is 5. The lowest BCUT2D eigenvalue weighted by atomic mass is 10.1. The highest BCUT2D eigenvalue weighted by Crippen LogP contribution is 2.25. The van der Waals surface area contributed by atoms with Crippen molar-refractivity contribution in [3.63, 3.8) is 0 Å². The molecule has 0 saturated carbocycles. The smallest absolute Gasteiger partial charge is 0.157 e. The Labute approximate surface area is 146 Å². The number of aromatic nitrogens is 1. The van der Waals surface area contributed by atoms with Crippen LogP contribution in [-0.4, -0.2) is 30.2 Å². The Bertz CT molecular complexity index is 694. The van der Waals surface area contributed by atoms with Crippen molar-refractivity contribution in [3.8, 4) is 17.3 Å². The Hall–Kier alpha value is -1.87. The summed E-state index contributed by atoms with van der Waals surface area (Å²) in [5.74, 6) is 0.750. The third kappa shape index (κ3) is 4.57. The van der Waals surface area contributed by atoms with Crippen molar-refractivity contribution >= 4 is 11.8 Å². The van der Waals surface area contributed by atoms with Crippen LogP contribution in [0.15, 0.2) is 47.5 Å². The van der Waals surface area contributed by atoms with Crippen molar-refractivity contribution in [2.24, 2.45) is 0 Å². The third-order valence-corrected chi connectivity index (χ3v) is 4.77. The van der Waals surface area contributed by atoms with Crippen molar-refractivity contribution in [1.82, 2.24) is 4.98 Å². The Balaban J connectivity index is 1.60. The maximum absolute atomic E-state index is 9.29. The van der Waals surface area contributed by atoms with Crippen LogP contribution in [0.2, 0.25) is 0 Å². The van der Waals surface area contributed by atoms with Crippen LogP contribution < -0.4 is 0 Å². The molecule has 4 nitrogen and oxygen atoms in total. The molecule has 0 N–H and O–H groups in total. The normalized spacial score (nSPS) is 17.4. The van der Waals surface area contributed by atoms with E-state index in [0.29, 0.717) is 12.2 Å². The van der Waals surface area contributed by atoms with Crippen LogP contribution in [0.25, 0.3) is 11.3 Å². The van der Waals surface area contributed by atoms with Gasteiger partial charge in [0.05, 0.1) is 17.9 Å². The van der Waals surface area contributed by atoms with Gasteiger partial charge in [0.25, 0.3) is 0 Å². The van der Waals surface area contributed by atoms with Crippen molar-refractivity contribution in [2.45, 2.75) is 30.6 Å². The monoisotopic (exact) mass is 340 g/mol. The molecule has 124 valence electrons.